The van der Waals surface area contributed by atoms with Crippen LogP contribution in [0.2, 0.25) is 0 Å². The topological polar surface area (TPSA) is 40.5 Å². The number of rotatable bonds is 5. The zero-order chi connectivity index (χ0) is 16.8. The zero-order valence-electron chi connectivity index (χ0n) is 14.0. The maximum Gasteiger partial charge on any atom is 0.228 e. The normalized spacial score (nSPS) is 17.3. The highest BCUT2D eigenvalue weighted by Gasteiger charge is 2.32. The molecular formula is C21H25NO2. The predicted molar refractivity (Wildman–Crippen MR) is 95.5 cm³/mol. The molecule has 2 aromatic rings. The van der Waals surface area contributed by atoms with Crippen molar-refractivity contribution in [2.45, 2.75) is 31.8 Å². The average Bonchev–Trinajstić information content (AvgIpc) is 2.67. The summed E-state index contributed by atoms with van der Waals surface area (Å²) in [6.45, 7) is 1.62. The maximum absolute atomic E-state index is 13.1. The van der Waals surface area contributed by atoms with E-state index >= 15 is 0 Å². The number of benzene rings is 2. The van der Waals surface area contributed by atoms with Gasteiger partial charge in [0, 0.05) is 13.1 Å². The molecule has 0 aliphatic carbocycles. The summed E-state index contributed by atoms with van der Waals surface area (Å²) in [4.78, 5) is 15.0. The third-order valence-corrected chi connectivity index (χ3v) is 4.81. The number of carbonyl (C=O) groups excluding carboxylic acids is 1. The third-order valence-electron chi connectivity index (χ3n) is 4.81. The van der Waals surface area contributed by atoms with Gasteiger partial charge in [0.05, 0.1) is 12.0 Å². The molecule has 1 aliphatic rings. The van der Waals surface area contributed by atoms with Crippen LogP contribution in [0.4, 0.5) is 0 Å². The minimum Gasteiger partial charge on any atom is -0.388 e. The van der Waals surface area contributed by atoms with Crippen molar-refractivity contribution in [3.8, 4) is 0 Å². The van der Waals surface area contributed by atoms with E-state index in [-0.39, 0.29) is 5.91 Å². The van der Waals surface area contributed by atoms with Gasteiger partial charge in [-0.15, -0.1) is 0 Å². The van der Waals surface area contributed by atoms with Crippen molar-refractivity contribution >= 4 is 5.91 Å². The van der Waals surface area contributed by atoms with Crippen molar-refractivity contribution in [1.82, 2.24) is 4.90 Å². The maximum atomic E-state index is 13.1. The van der Waals surface area contributed by atoms with E-state index in [0.29, 0.717) is 6.42 Å². The van der Waals surface area contributed by atoms with Crippen molar-refractivity contribution < 1.29 is 9.90 Å². The number of carbonyl (C=O) groups is 1. The number of amides is 1. The molecule has 1 saturated heterocycles. The lowest BCUT2D eigenvalue weighted by Gasteiger charge is -2.32. The number of aliphatic hydroxyl groups excluding tert-OH is 1. The Bertz CT molecular complexity index is 635. The van der Waals surface area contributed by atoms with Crippen LogP contribution >= 0.6 is 0 Å². The average molecular weight is 323 g/mol. The lowest BCUT2D eigenvalue weighted by molar-refractivity contribution is -0.140. The van der Waals surface area contributed by atoms with Crippen LogP contribution in [0.5, 0.6) is 0 Å². The van der Waals surface area contributed by atoms with E-state index in [4.69, 9.17) is 0 Å². The molecule has 0 bridgehead atoms. The largest absolute Gasteiger partial charge is 0.388 e. The molecule has 2 atom stereocenters. The SMILES string of the molecule is O=C(C(Cc1ccccc1)C(O)c1ccccc1)N1CCCCC1. The molecule has 1 aliphatic heterocycles. The second kappa shape index (κ2) is 8.11. The molecule has 24 heavy (non-hydrogen) atoms. The second-order valence-corrected chi connectivity index (χ2v) is 6.54. The van der Waals surface area contributed by atoms with Crippen molar-refractivity contribution in [2.75, 3.05) is 13.1 Å². The Morgan fingerprint density at radius 2 is 1.50 bits per heavy atom. The molecule has 3 rings (SSSR count). The van der Waals surface area contributed by atoms with Crippen LogP contribution < -0.4 is 0 Å². The van der Waals surface area contributed by atoms with E-state index in [1.54, 1.807) is 0 Å². The van der Waals surface area contributed by atoms with Gasteiger partial charge in [-0.2, -0.15) is 0 Å². The molecule has 1 heterocycles. The molecule has 3 nitrogen and oxygen atoms in total. The Morgan fingerprint density at radius 3 is 2.12 bits per heavy atom. The summed E-state index contributed by atoms with van der Waals surface area (Å²) in [5.41, 5.74) is 1.90. The Balaban J connectivity index is 1.83. The van der Waals surface area contributed by atoms with Crippen LogP contribution in [0.3, 0.4) is 0 Å². The monoisotopic (exact) mass is 323 g/mol. The van der Waals surface area contributed by atoms with Crippen LogP contribution in [-0.4, -0.2) is 29.0 Å². The molecule has 0 aromatic heterocycles. The van der Waals surface area contributed by atoms with E-state index in [0.717, 1.165) is 37.1 Å². The first-order chi connectivity index (χ1) is 11.8. The third kappa shape index (κ3) is 4.04. The van der Waals surface area contributed by atoms with Crippen LogP contribution in [-0.2, 0) is 11.2 Å². The highest BCUT2D eigenvalue weighted by atomic mass is 16.3. The number of aliphatic hydroxyl groups is 1. The second-order valence-electron chi connectivity index (χ2n) is 6.54. The highest BCUT2D eigenvalue weighted by molar-refractivity contribution is 5.80. The van der Waals surface area contributed by atoms with Crippen molar-refractivity contribution in [3.63, 3.8) is 0 Å². The fourth-order valence-electron chi connectivity index (χ4n) is 3.43. The number of piperidine rings is 1. The fraction of sp³-hybridized carbons (Fsp3) is 0.381. The number of hydrogen-bond donors (Lipinski definition) is 1. The molecule has 0 saturated carbocycles. The quantitative estimate of drug-likeness (QED) is 0.913. The Labute approximate surface area is 143 Å². The lowest BCUT2D eigenvalue weighted by atomic mass is 9.88. The van der Waals surface area contributed by atoms with Crippen molar-refractivity contribution in [2.24, 2.45) is 5.92 Å². The van der Waals surface area contributed by atoms with E-state index in [9.17, 15) is 9.90 Å². The van der Waals surface area contributed by atoms with Crippen LogP contribution in [0.15, 0.2) is 60.7 Å². The molecule has 1 N–H and O–H groups in total. The summed E-state index contributed by atoms with van der Waals surface area (Å²) in [5.74, 6) is -0.359. The molecule has 2 unspecified atom stereocenters. The van der Waals surface area contributed by atoms with Gasteiger partial charge in [-0.05, 0) is 36.8 Å². The number of hydrogen-bond acceptors (Lipinski definition) is 2. The van der Waals surface area contributed by atoms with Crippen LogP contribution in [0, 0.1) is 5.92 Å². The van der Waals surface area contributed by atoms with Gasteiger partial charge < -0.3 is 10.0 Å². The minimum atomic E-state index is -0.777. The van der Waals surface area contributed by atoms with Gasteiger partial charge in [0.25, 0.3) is 0 Å². The first-order valence-corrected chi connectivity index (χ1v) is 8.81. The van der Waals surface area contributed by atoms with Crippen LogP contribution in [0.25, 0.3) is 0 Å². The Kier molecular flexibility index (Phi) is 5.65. The molecule has 1 fully saturated rings. The van der Waals surface area contributed by atoms with Crippen LogP contribution in [0.1, 0.15) is 36.5 Å². The van der Waals surface area contributed by atoms with E-state index in [2.05, 4.69) is 0 Å². The van der Waals surface area contributed by atoms with E-state index in [1.807, 2.05) is 65.6 Å². The molecular weight excluding hydrogens is 298 g/mol. The predicted octanol–water partition coefficient (Wildman–Crippen LogP) is 3.59. The van der Waals surface area contributed by atoms with Gasteiger partial charge in [0.2, 0.25) is 5.91 Å². The van der Waals surface area contributed by atoms with E-state index < -0.39 is 12.0 Å². The molecule has 0 radical (unpaired) electrons. The first-order valence-electron chi connectivity index (χ1n) is 8.81. The first kappa shape index (κ1) is 16.7. The van der Waals surface area contributed by atoms with Crippen molar-refractivity contribution in [1.29, 1.82) is 0 Å². The van der Waals surface area contributed by atoms with Gasteiger partial charge in [0.1, 0.15) is 0 Å². The summed E-state index contributed by atoms with van der Waals surface area (Å²) >= 11 is 0. The lowest BCUT2D eigenvalue weighted by Crippen LogP contribution is -2.42. The Morgan fingerprint density at radius 1 is 0.917 bits per heavy atom. The standard InChI is InChI=1S/C21H25NO2/c23-20(18-12-6-2-7-13-18)19(16-17-10-4-1-5-11-17)21(24)22-14-8-3-9-15-22/h1-2,4-7,10-13,19-20,23H,3,8-9,14-16H2. The van der Waals surface area contributed by atoms with Gasteiger partial charge in [0.15, 0.2) is 0 Å². The smallest absolute Gasteiger partial charge is 0.228 e. The molecule has 2 aromatic carbocycles. The summed E-state index contributed by atoms with van der Waals surface area (Å²) in [5, 5.41) is 10.9. The van der Waals surface area contributed by atoms with Crippen molar-refractivity contribution in [3.05, 3.63) is 71.8 Å². The number of likely N-dealkylation sites (tertiary alicyclic amines) is 1. The highest BCUT2D eigenvalue weighted by Crippen LogP contribution is 2.28. The van der Waals surface area contributed by atoms with Gasteiger partial charge in [-0.1, -0.05) is 60.7 Å². The minimum absolute atomic E-state index is 0.0786. The van der Waals surface area contributed by atoms with E-state index in [1.165, 1.54) is 6.42 Å². The molecule has 0 spiro atoms. The van der Waals surface area contributed by atoms with Gasteiger partial charge in [-0.3, -0.25) is 4.79 Å². The van der Waals surface area contributed by atoms with Gasteiger partial charge in [-0.25, -0.2) is 0 Å². The molecule has 3 heteroatoms. The molecule has 1 amide bonds. The fourth-order valence-corrected chi connectivity index (χ4v) is 3.43. The number of nitrogens with zero attached hydrogens (tertiary/aromatic N) is 1. The Hall–Kier alpha value is -2.13. The summed E-state index contributed by atoms with van der Waals surface area (Å²) in [6.07, 6.45) is 3.10. The summed E-state index contributed by atoms with van der Waals surface area (Å²) in [6, 6.07) is 19.5. The zero-order valence-corrected chi connectivity index (χ0v) is 14.0. The molecule has 126 valence electrons. The summed E-state index contributed by atoms with van der Waals surface area (Å²) in [7, 11) is 0. The van der Waals surface area contributed by atoms with Gasteiger partial charge >= 0.3 is 0 Å². The summed E-state index contributed by atoms with van der Waals surface area (Å²) < 4.78 is 0.